The van der Waals surface area contributed by atoms with E-state index in [1.165, 1.54) is 17.7 Å². The van der Waals surface area contributed by atoms with Crippen LogP contribution in [0.1, 0.15) is 30.6 Å². The van der Waals surface area contributed by atoms with Gasteiger partial charge in [-0.2, -0.15) is 0 Å². The average molecular weight is 276 g/mol. The van der Waals surface area contributed by atoms with Crippen LogP contribution in [0.4, 0.5) is 0 Å². The number of methoxy groups -OCH3 is 1. The number of aromatic nitrogens is 1. The van der Waals surface area contributed by atoms with Gasteiger partial charge >= 0.3 is 0 Å². The average Bonchev–Trinajstić information content (AvgIpc) is 2.75. The molecule has 3 atom stereocenters. The Morgan fingerprint density at radius 1 is 1.57 bits per heavy atom. The fourth-order valence-corrected chi connectivity index (χ4v) is 3.67. The van der Waals surface area contributed by atoms with Crippen molar-refractivity contribution in [1.82, 2.24) is 4.98 Å². The van der Waals surface area contributed by atoms with Gasteiger partial charge in [-0.05, 0) is 24.7 Å². The first-order chi connectivity index (χ1) is 6.72. The predicted octanol–water partition coefficient (Wildman–Crippen LogP) is 3.43. The summed E-state index contributed by atoms with van der Waals surface area (Å²) in [5.74, 6) is 1.38. The zero-order valence-corrected chi connectivity index (χ0v) is 10.8. The molecule has 1 aliphatic rings. The van der Waals surface area contributed by atoms with Gasteiger partial charge in [0.2, 0.25) is 0 Å². The summed E-state index contributed by atoms with van der Waals surface area (Å²) in [5.41, 5.74) is 0. The summed E-state index contributed by atoms with van der Waals surface area (Å²) in [6.07, 6.45) is 4.50. The van der Waals surface area contributed by atoms with Crippen molar-refractivity contribution in [1.29, 1.82) is 0 Å². The van der Waals surface area contributed by atoms with Crippen LogP contribution in [-0.2, 0) is 0 Å². The highest BCUT2D eigenvalue weighted by atomic mass is 79.9. The normalized spacial score (nSPS) is 32.1. The lowest BCUT2D eigenvalue weighted by atomic mass is 9.97. The van der Waals surface area contributed by atoms with Crippen LogP contribution in [0.3, 0.4) is 0 Å². The van der Waals surface area contributed by atoms with Gasteiger partial charge in [-0.25, -0.2) is 4.98 Å². The highest BCUT2D eigenvalue weighted by Gasteiger charge is 2.33. The Morgan fingerprint density at radius 3 is 2.86 bits per heavy atom. The molecule has 14 heavy (non-hydrogen) atoms. The van der Waals surface area contributed by atoms with Gasteiger partial charge < -0.3 is 4.74 Å². The Hall–Kier alpha value is -0.0900. The summed E-state index contributed by atoms with van der Waals surface area (Å²) in [7, 11) is 1.67. The third kappa shape index (κ3) is 1.82. The highest BCUT2D eigenvalue weighted by Crippen LogP contribution is 2.45. The lowest BCUT2D eigenvalue weighted by molar-refractivity contribution is 0.412. The molecule has 0 radical (unpaired) electrons. The fourth-order valence-electron chi connectivity index (χ4n) is 2.05. The second kappa shape index (κ2) is 4.19. The SMILES string of the molecule is COc1ncc(C2CCC(Br)C2C)s1. The van der Waals surface area contributed by atoms with E-state index in [9.17, 15) is 0 Å². The molecular formula is C10H14BrNOS. The van der Waals surface area contributed by atoms with Gasteiger partial charge in [0, 0.05) is 15.9 Å². The molecule has 0 N–H and O–H groups in total. The molecule has 3 unspecified atom stereocenters. The number of ether oxygens (including phenoxy) is 1. The largest absolute Gasteiger partial charge is 0.473 e. The van der Waals surface area contributed by atoms with E-state index in [-0.39, 0.29) is 0 Å². The van der Waals surface area contributed by atoms with Crippen molar-refractivity contribution >= 4 is 27.3 Å². The Bertz CT molecular complexity index is 315. The zero-order valence-electron chi connectivity index (χ0n) is 8.37. The molecule has 2 rings (SSSR count). The smallest absolute Gasteiger partial charge is 0.273 e. The van der Waals surface area contributed by atoms with Crippen LogP contribution < -0.4 is 4.74 Å². The first kappa shape index (κ1) is 10.4. The summed E-state index contributed by atoms with van der Waals surface area (Å²) in [5, 5.41) is 0.783. The van der Waals surface area contributed by atoms with Crippen molar-refractivity contribution < 1.29 is 4.74 Å². The van der Waals surface area contributed by atoms with Gasteiger partial charge in [0.1, 0.15) is 0 Å². The number of nitrogens with zero attached hydrogens (tertiary/aromatic N) is 1. The number of hydrogen-bond acceptors (Lipinski definition) is 3. The molecule has 4 heteroatoms. The summed E-state index contributed by atoms with van der Waals surface area (Å²) >= 11 is 5.40. The van der Waals surface area contributed by atoms with Gasteiger partial charge in [0.25, 0.3) is 5.19 Å². The van der Waals surface area contributed by atoms with E-state index in [0.29, 0.717) is 16.7 Å². The number of halogens is 1. The number of alkyl halides is 1. The van der Waals surface area contributed by atoms with Crippen molar-refractivity contribution in [2.45, 2.75) is 30.5 Å². The maximum Gasteiger partial charge on any atom is 0.273 e. The number of rotatable bonds is 2. The Balaban J connectivity index is 2.15. The van der Waals surface area contributed by atoms with E-state index < -0.39 is 0 Å². The minimum atomic E-state index is 0.667. The molecule has 1 aliphatic carbocycles. The lowest BCUT2D eigenvalue weighted by Gasteiger charge is -2.14. The molecular weight excluding hydrogens is 262 g/mol. The maximum atomic E-state index is 5.11. The van der Waals surface area contributed by atoms with Crippen LogP contribution >= 0.6 is 27.3 Å². The first-order valence-corrected chi connectivity index (χ1v) is 6.59. The van der Waals surface area contributed by atoms with Crippen LogP contribution in [0.5, 0.6) is 5.19 Å². The molecule has 1 fully saturated rings. The number of thiazole rings is 1. The van der Waals surface area contributed by atoms with E-state index in [4.69, 9.17) is 4.74 Å². The van der Waals surface area contributed by atoms with Crippen molar-refractivity contribution in [3.63, 3.8) is 0 Å². The quantitative estimate of drug-likeness (QED) is 0.772. The molecule has 1 aromatic rings. The van der Waals surface area contributed by atoms with Crippen LogP contribution in [0.2, 0.25) is 0 Å². The predicted molar refractivity (Wildman–Crippen MR) is 62.5 cm³/mol. The Labute approximate surface area is 96.8 Å². The molecule has 0 aromatic carbocycles. The van der Waals surface area contributed by atoms with Gasteiger partial charge in [-0.1, -0.05) is 34.2 Å². The second-order valence-corrected chi connectivity index (χ2v) is 5.99. The summed E-state index contributed by atoms with van der Waals surface area (Å²) < 4.78 is 5.11. The van der Waals surface area contributed by atoms with E-state index in [1.807, 2.05) is 6.20 Å². The molecule has 0 bridgehead atoms. The highest BCUT2D eigenvalue weighted by molar-refractivity contribution is 9.09. The van der Waals surface area contributed by atoms with Crippen molar-refractivity contribution in [3.8, 4) is 5.19 Å². The zero-order chi connectivity index (χ0) is 10.1. The third-order valence-electron chi connectivity index (χ3n) is 3.00. The monoisotopic (exact) mass is 275 g/mol. The molecule has 1 heterocycles. The first-order valence-electron chi connectivity index (χ1n) is 4.86. The van der Waals surface area contributed by atoms with Gasteiger partial charge in [-0.3, -0.25) is 0 Å². The van der Waals surface area contributed by atoms with Crippen LogP contribution in [0, 0.1) is 5.92 Å². The lowest BCUT2D eigenvalue weighted by Crippen LogP contribution is -2.07. The Kier molecular flexibility index (Phi) is 3.12. The van der Waals surface area contributed by atoms with Gasteiger partial charge in [0.15, 0.2) is 0 Å². The van der Waals surface area contributed by atoms with E-state index in [0.717, 1.165) is 5.19 Å². The molecule has 1 saturated carbocycles. The summed E-state index contributed by atoms with van der Waals surface area (Å²) in [4.78, 5) is 6.26. The standard InChI is InChI=1S/C10H14BrNOS/c1-6-7(3-4-8(6)11)9-5-12-10(13-2)14-9/h5-8H,3-4H2,1-2H3. The van der Waals surface area contributed by atoms with E-state index >= 15 is 0 Å². The Morgan fingerprint density at radius 2 is 2.36 bits per heavy atom. The van der Waals surface area contributed by atoms with Gasteiger partial charge in [-0.15, -0.1) is 0 Å². The van der Waals surface area contributed by atoms with Crippen molar-refractivity contribution in [2.75, 3.05) is 7.11 Å². The molecule has 0 saturated heterocycles. The van der Waals surface area contributed by atoms with Gasteiger partial charge in [0.05, 0.1) is 7.11 Å². The molecule has 2 nitrogen and oxygen atoms in total. The van der Waals surface area contributed by atoms with Crippen LogP contribution in [-0.4, -0.2) is 16.9 Å². The third-order valence-corrected chi connectivity index (χ3v) is 5.38. The molecule has 0 spiro atoms. The summed E-state index contributed by atoms with van der Waals surface area (Å²) in [6, 6.07) is 0. The topological polar surface area (TPSA) is 22.1 Å². The maximum absolute atomic E-state index is 5.11. The van der Waals surface area contributed by atoms with Crippen molar-refractivity contribution in [2.24, 2.45) is 5.92 Å². The van der Waals surface area contributed by atoms with Crippen molar-refractivity contribution in [3.05, 3.63) is 11.1 Å². The minimum absolute atomic E-state index is 0.667. The second-order valence-electron chi connectivity index (χ2n) is 3.79. The van der Waals surface area contributed by atoms with Crippen LogP contribution in [0.25, 0.3) is 0 Å². The minimum Gasteiger partial charge on any atom is -0.473 e. The summed E-state index contributed by atoms with van der Waals surface area (Å²) in [6.45, 7) is 2.31. The van der Waals surface area contributed by atoms with E-state index in [1.54, 1.807) is 18.4 Å². The molecule has 0 amide bonds. The molecule has 0 aliphatic heterocycles. The molecule has 1 aromatic heterocycles. The van der Waals surface area contributed by atoms with E-state index in [2.05, 4.69) is 27.8 Å². The number of hydrogen-bond donors (Lipinski definition) is 0. The fraction of sp³-hybridized carbons (Fsp3) is 0.700. The van der Waals surface area contributed by atoms with Crippen LogP contribution in [0.15, 0.2) is 6.20 Å². The molecule has 78 valence electrons.